The van der Waals surface area contributed by atoms with Crippen molar-refractivity contribution in [3.63, 3.8) is 0 Å². The third kappa shape index (κ3) is 4.12. The Balaban J connectivity index is 1.33. The highest BCUT2D eigenvalue weighted by Gasteiger charge is 2.17. The quantitative estimate of drug-likeness (QED) is 0.213. The van der Waals surface area contributed by atoms with Crippen LogP contribution < -0.4 is 0 Å². The molecule has 0 aliphatic carbocycles. The fourth-order valence-corrected chi connectivity index (χ4v) is 5.31. The Morgan fingerprint density at radius 2 is 0.905 bits per heavy atom. The minimum absolute atomic E-state index is 0.491. The molecule has 8 rings (SSSR count). The van der Waals surface area contributed by atoms with Gasteiger partial charge in [0, 0.05) is 40.5 Å². The van der Waals surface area contributed by atoms with Gasteiger partial charge in [-0.15, -0.1) is 0 Å². The van der Waals surface area contributed by atoms with Gasteiger partial charge in [0.1, 0.15) is 11.4 Å². The van der Waals surface area contributed by atoms with Gasteiger partial charge >= 0.3 is 0 Å². The predicted octanol–water partition coefficient (Wildman–Crippen LogP) is 7.58. The SMILES string of the molecule is c1ccc(-c2nc(-c3ccccn3)nc(-c3ccc(-c4ccc5ccc6cccnc6c5n4)c4ccccc34)n2)nc1. The summed E-state index contributed by atoms with van der Waals surface area (Å²) in [5.41, 5.74) is 5.90. The summed E-state index contributed by atoms with van der Waals surface area (Å²) in [6.45, 7) is 0. The highest BCUT2D eigenvalue weighted by molar-refractivity contribution is 6.06. The highest BCUT2D eigenvalue weighted by atomic mass is 15.1. The summed E-state index contributed by atoms with van der Waals surface area (Å²) in [7, 11) is 0. The second-order valence-electron chi connectivity index (χ2n) is 9.85. The van der Waals surface area contributed by atoms with Gasteiger partial charge in [-0.1, -0.05) is 66.7 Å². The molecular formula is C35H21N7. The molecule has 3 aromatic carbocycles. The van der Waals surface area contributed by atoms with Gasteiger partial charge in [-0.2, -0.15) is 0 Å². The van der Waals surface area contributed by atoms with E-state index in [0.717, 1.165) is 49.4 Å². The zero-order valence-electron chi connectivity index (χ0n) is 22.3. The third-order valence-corrected chi connectivity index (χ3v) is 7.30. The fourth-order valence-electron chi connectivity index (χ4n) is 5.31. The van der Waals surface area contributed by atoms with Gasteiger partial charge in [0.25, 0.3) is 0 Å². The van der Waals surface area contributed by atoms with Gasteiger partial charge in [0.05, 0.1) is 16.7 Å². The van der Waals surface area contributed by atoms with Gasteiger partial charge in [0.15, 0.2) is 17.5 Å². The van der Waals surface area contributed by atoms with Gasteiger partial charge in [-0.25, -0.2) is 19.9 Å². The van der Waals surface area contributed by atoms with Crippen LogP contribution in [0, 0.1) is 0 Å². The summed E-state index contributed by atoms with van der Waals surface area (Å²) >= 11 is 0. The van der Waals surface area contributed by atoms with Crippen molar-refractivity contribution in [3.8, 4) is 45.7 Å². The van der Waals surface area contributed by atoms with E-state index in [-0.39, 0.29) is 0 Å². The zero-order valence-corrected chi connectivity index (χ0v) is 22.3. The van der Waals surface area contributed by atoms with Crippen molar-refractivity contribution in [2.24, 2.45) is 0 Å². The fraction of sp³-hybridized carbons (Fsp3) is 0. The van der Waals surface area contributed by atoms with Gasteiger partial charge in [-0.3, -0.25) is 15.0 Å². The van der Waals surface area contributed by atoms with Crippen molar-refractivity contribution in [2.45, 2.75) is 0 Å². The summed E-state index contributed by atoms with van der Waals surface area (Å²) < 4.78 is 0. The van der Waals surface area contributed by atoms with Crippen molar-refractivity contribution >= 4 is 32.6 Å². The lowest BCUT2D eigenvalue weighted by Gasteiger charge is -2.13. The van der Waals surface area contributed by atoms with Crippen LogP contribution in [0.2, 0.25) is 0 Å². The van der Waals surface area contributed by atoms with Crippen LogP contribution in [0.5, 0.6) is 0 Å². The lowest BCUT2D eigenvalue weighted by atomic mass is 9.96. The number of fused-ring (bicyclic) bond motifs is 4. The van der Waals surface area contributed by atoms with Crippen molar-refractivity contribution in [3.05, 3.63) is 128 Å². The second kappa shape index (κ2) is 9.91. The van der Waals surface area contributed by atoms with Crippen molar-refractivity contribution in [1.82, 2.24) is 34.9 Å². The molecule has 0 fully saturated rings. The maximum atomic E-state index is 5.11. The first-order valence-corrected chi connectivity index (χ1v) is 13.6. The summed E-state index contributed by atoms with van der Waals surface area (Å²) in [5, 5.41) is 4.18. The largest absolute Gasteiger partial charge is 0.254 e. The van der Waals surface area contributed by atoms with Crippen LogP contribution in [0.3, 0.4) is 0 Å². The molecule has 0 amide bonds. The monoisotopic (exact) mass is 539 g/mol. The number of rotatable bonds is 4. The van der Waals surface area contributed by atoms with Gasteiger partial charge in [0.2, 0.25) is 0 Å². The average Bonchev–Trinajstić information content (AvgIpc) is 3.08. The number of hydrogen-bond donors (Lipinski definition) is 0. The van der Waals surface area contributed by atoms with E-state index >= 15 is 0 Å². The Hall–Kier alpha value is -5.95. The van der Waals surface area contributed by atoms with Crippen LogP contribution in [-0.2, 0) is 0 Å². The Labute approximate surface area is 240 Å². The summed E-state index contributed by atoms with van der Waals surface area (Å²) in [6.07, 6.45) is 5.28. The normalized spacial score (nSPS) is 11.3. The molecule has 0 saturated heterocycles. The lowest BCUT2D eigenvalue weighted by molar-refractivity contribution is 1.05. The summed E-state index contributed by atoms with van der Waals surface area (Å²) in [4.78, 5) is 33.3. The smallest absolute Gasteiger partial charge is 0.182 e. The van der Waals surface area contributed by atoms with Gasteiger partial charge < -0.3 is 0 Å². The molecule has 196 valence electrons. The van der Waals surface area contributed by atoms with Crippen molar-refractivity contribution in [2.75, 3.05) is 0 Å². The first-order chi connectivity index (χ1) is 20.8. The van der Waals surface area contributed by atoms with E-state index in [1.807, 2.05) is 60.8 Å². The average molecular weight is 540 g/mol. The van der Waals surface area contributed by atoms with Crippen LogP contribution >= 0.6 is 0 Å². The molecule has 0 bridgehead atoms. The van der Waals surface area contributed by atoms with Crippen LogP contribution in [0.1, 0.15) is 0 Å². The molecule has 8 aromatic rings. The summed E-state index contributed by atoms with van der Waals surface area (Å²) in [6, 6.07) is 36.2. The van der Waals surface area contributed by atoms with Crippen LogP contribution in [0.4, 0.5) is 0 Å². The molecular weight excluding hydrogens is 518 g/mol. The molecule has 0 N–H and O–H groups in total. The number of pyridine rings is 4. The lowest BCUT2D eigenvalue weighted by Crippen LogP contribution is -2.02. The minimum Gasteiger partial charge on any atom is -0.254 e. The maximum absolute atomic E-state index is 5.11. The van der Waals surface area contributed by atoms with E-state index in [4.69, 9.17) is 19.9 Å². The molecule has 0 atom stereocenters. The van der Waals surface area contributed by atoms with Gasteiger partial charge in [-0.05, 0) is 53.2 Å². The Morgan fingerprint density at radius 3 is 1.60 bits per heavy atom. The molecule has 0 spiro atoms. The molecule has 0 aliphatic heterocycles. The topological polar surface area (TPSA) is 90.2 Å². The summed E-state index contributed by atoms with van der Waals surface area (Å²) in [5.74, 6) is 1.53. The standard InChI is InChI=1S/C35H21N7/c1-2-10-25-24(9-1)26(28-18-15-23-14-13-22-8-7-21-38-31(22)32(23)39-28)16-17-27(25)33-40-34(29-11-3-5-19-36-29)42-35(41-33)30-12-4-6-20-37-30/h1-21H. The highest BCUT2D eigenvalue weighted by Crippen LogP contribution is 2.36. The molecule has 42 heavy (non-hydrogen) atoms. The van der Waals surface area contributed by atoms with Crippen molar-refractivity contribution in [1.29, 1.82) is 0 Å². The van der Waals surface area contributed by atoms with Crippen LogP contribution in [0.25, 0.3) is 78.3 Å². The molecule has 0 saturated carbocycles. The van der Waals surface area contributed by atoms with Crippen LogP contribution in [-0.4, -0.2) is 34.9 Å². The molecule has 0 aliphatic rings. The predicted molar refractivity (Wildman–Crippen MR) is 165 cm³/mol. The van der Waals surface area contributed by atoms with E-state index in [2.05, 4.69) is 69.5 Å². The third-order valence-electron chi connectivity index (χ3n) is 7.30. The van der Waals surface area contributed by atoms with E-state index < -0.39 is 0 Å². The minimum atomic E-state index is 0.491. The van der Waals surface area contributed by atoms with E-state index in [1.165, 1.54) is 0 Å². The van der Waals surface area contributed by atoms with Crippen LogP contribution in [0.15, 0.2) is 128 Å². The molecule has 0 radical (unpaired) electrons. The molecule has 0 unspecified atom stereocenters. The zero-order chi connectivity index (χ0) is 27.9. The van der Waals surface area contributed by atoms with E-state index in [0.29, 0.717) is 28.9 Å². The van der Waals surface area contributed by atoms with E-state index in [1.54, 1.807) is 12.4 Å². The maximum Gasteiger partial charge on any atom is 0.182 e. The number of benzene rings is 3. The number of hydrogen-bond acceptors (Lipinski definition) is 7. The molecule has 5 aromatic heterocycles. The molecule has 7 nitrogen and oxygen atoms in total. The Morgan fingerprint density at radius 1 is 0.333 bits per heavy atom. The Kier molecular flexibility index (Phi) is 5.64. The van der Waals surface area contributed by atoms with E-state index in [9.17, 15) is 0 Å². The first-order valence-electron chi connectivity index (χ1n) is 13.6. The van der Waals surface area contributed by atoms with Crippen molar-refractivity contribution < 1.29 is 0 Å². The molecule has 7 heteroatoms. The Bertz CT molecular complexity index is 2190. The number of aromatic nitrogens is 7. The molecule has 5 heterocycles. The first kappa shape index (κ1) is 23.9. The number of nitrogens with zero attached hydrogens (tertiary/aromatic N) is 7. The second-order valence-corrected chi connectivity index (χ2v) is 9.85.